The number of carbonyl (C=O) groups is 1. The lowest BCUT2D eigenvalue weighted by atomic mass is 10.1. The number of hydrogen-bond acceptors (Lipinski definition) is 6. The minimum atomic E-state index is -0.351. The Morgan fingerprint density at radius 3 is 2.84 bits per heavy atom. The number of esters is 1. The molecule has 0 unspecified atom stereocenters. The van der Waals surface area contributed by atoms with Crippen LogP contribution >= 0.6 is 0 Å². The zero-order valence-corrected chi connectivity index (χ0v) is 14.5. The van der Waals surface area contributed by atoms with Crippen molar-refractivity contribution in [2.45, 2.75) is 27.2 Å². The van der Waals surface area contributed by atoms with E-state index in [4.69, 9.17) is 10.5 Å². The number of nitrogens with zero attached hydrogens (tertiary/aromatic N) is 3. The van der Waals surface area contributed by atoms with Crippen LogP contribution in [0.3, 0.4) is 0 Å². The summed E-state index contributed by atoms with van der Waals surface area (Å²) in [5.74, 6) is 0.265. The monoisotopic (exact) mass is 339 g/mol. The van der Waals surface area contributed by atoms with Gasteiger partial charge in [-0.25, -0.2) is 14.3 Å². The zero-order chi connectivity index (χ0) is 18.0. The Morgan fingerprint density at radius 1 is 1.36 bits per heavy atom. The molecule has 2 aromatic heterocycles. The molecule has 0 saturated heterocycles. The smallest absolute Gasteiger partial charge is 0.340 e. The lowest BCUT2D eigenvalue weighted by Crippen LogP contribution is -2.06. The average molecular weight is 339 g/mol. The van der Waals surface area contributed by atoms with E-state index in [0.717, 1.165) is 22.3 Å². The molecule has 7 heteroatoms. The summed E-state index contributed by atoms with van der Waals surface area (Å²) >= 11 is 0. The topological polar surface area (TPSA) is 94.5 Å². The van der Waals surface area contributed by atoms with Crippen molar-refractivity contribution in [3.05, 3.63) is 47.4 Å². The highest BCUT2D eigenvalue weighted by Gasteiger charge is 2.20. The van der Waals surface area contributed by atoms with Gasteiger partial charge in [0.1, 0.15) is 11.8 Å². The zero-order valence-electron chi connectivity index (χ0n) is 14.5. The molecule has 0 aliphatic carbocycles. The molecule has 0 amide bonds. The first kappa shape index (κ1) is 16.8. The van der Waals surface area contributed by atoms with Crippen LogP contribution in [-0.2, 0) is 11.2 Å². The van der Waals surface area contributed by atoms with Crippen LogP contribution in [0.1, 0.15) is 35.3 Å². The molecule has 2 heterocycles. The van der Waals surface area contributed by atoms with Crippen molar-refractivity contribution in [1.29, 1.82) is 0 Å². The van der Waals surface area contributed by atoms with Crippen molar-refractivity contribution in [1.82, 2.24) is 14.6 Å². The van der Waals surface area contributed by atoms with Crippen LogP contribution in [0.4, 0.5) is 17.2 Å². The number of nitrogens with one attached hydrogen (secondary N) is 1. The molecule has 0 aliphatic heterocycles. The molecule has 0 bridgehead atoms. The van der Waals surface area contributed by atoms with E-state index in [1.807, 2.05) is 32.0 Å². The molecular formula is C18H21N5O2. The van der Waals surface area contributed by atoms with Gasteiger partial charge in [0.05, 0.1) is 12.2 Å². The van der Waals surface area contributed by atoms with Crippen LogP contribution in [0.15, 0.2) is 30.7 Å². The summed E-state index contributed by atoms with van der Waals surface area (Å²) in [4.78, 5) is 16.6. The van der Waals surface area contributed by atoms with Crippen molar-refractivity contribution in [2.75, 3.05) is 17.7 Å². The number of carbonyl (C=O) groups excluding carboxylic acids is 1. The highest BCUT2D eigenvalue weighted by molar-refractivity contribution is 5.95. The largest absolute Gasteiger partial charge is 0.462 e. The summed E-state index contributed by atoms with van der Waals surface area (Å²) < 4.78 is 6.80. The summed E-state index contributed by atoms with van der Waals surface area (Å²) in [7, 11) is 0. The molecule has 3 aromatic rings. The molecule has 7 nitrogen and oxygen atoms in total. The summed E-state index contributed by atoms with van der Waals surface area (Å²) in [5, 5.41) is 7.49. The lowest BCUT2D eigenvalue weighted by molar-refractivity contribution is 0.0525. The number of nitrogen functional groups attached to an aromatic ring is 1. The van der Waals surface area contributed by atoms with E-state index >= 15 is 0 Å². The predicted octanol–water partition coefficient (Wildman–Crippen LogP) is 3.10. The Kier molecular flexibility index (Phi) is 4.56. The Balaban J connectivity index is 2.09. The van der Waals surface area contributed by atoms with Gasteiger partial charge in [0.2, 0.25) is 0 Å². The van der Waals surface area contributed by atoms with Crippen molar-refractivity contribution >= 4 is 28.7 Å². The molecule has 0 fully saturated rings. The van der Waals surface area contributed by atoms with Gasteiger partial charge in [0.25, 0.3) is 0 Å². The molecule has 0 atom stereocenters. The fourth-order valence-corrected chi connectivity index (χ4v) is 2.76. The third kappa shape index (κ3) is 3.13. The number of anilines is 3. The van der Waals surface area contributed by atoms with Crippen LogP contribution in [0.5, 0.6) is 0 Å². The van der Waals surface area contributed by atoms with E-state index in [9.17, 15) is 4.79 Å². The van der Waals surface area contributed by atoms with Gasteiger partial charge in [-0.05, 0) is 43.5 Å². The van der Waals surface area contributed by atoms with Gasteiger partial charge < -0.3 is 15.8 Å². The van der Waals surface area contributed by atoms with Crippen molar-refractivity contribution < 1.29 is 9.53 Å². The Labute approximate surface area is 145 Å². The number of aromatic nitrogens is 3. The van der Waals surface area contributed by atoms with Crippen LogP contribution in [0.2, 0.25) is 0 Å². The molecule has 0 spiro atoms. The Bertz CT molecular complexity index is 933. The molecule has 130 valence electrons. The summed E-state index contributed by atoms with van der Waals surface area (Å²) in [6.45, 7) is 6.05. The third-order valence-electron chi connectivity index (χ3n) is 4.07. The van der Waals surface area contributed by atoms with Crippen LogP contribution in [0, 0.1) is 6.92 Å². The molecule has 3 N–H and O–H groups in total. The molecule has 0 aliphatic rings. The lowest BCUT2D eigenvalue weighted by Gasteiger charge is -2.10. The van der Waals surface area contributed by atoms with E-state index in [2.05, 4.69) is 15.4 Å². The van der Waals surface area contributed by atoms with Gasteiger partial charge in [-0.3, -0.25) is 0 Å². The van der Waals surface area contributed by atoms with Crippen molar-refractivity contribution in [3.8, 4) is 0 Å². The normalized spacial score (nSPS) is 10.8. The molecule has 3 rings (SSSR count). The maximum absolute atomic E-state index is 12.2. The number of benzene rings is 1. The van der Waals surface area contributed by atoms with E-state index < -0.39 is 0 Å². The van der Waals surface area contributed by atoms with Gasteiger partial charge >= 0.3 is 5.97 Å². The van der Waals surface area contributed by atoms with Gasteiger partial charge in [-0.2, -0.15) is 5.10 Å². The predicted molar refractivity (Wildman–Crippen MR) is 97.2 cm³/mol. The second-order valence-corrected chi connectivity index (χ2v) is 5.69. The maximum Gasteiger partial charge on any atom is 0.340 e. The van der Waals surface area contributed by atoms with Crippen LogP contribution < -0.4 is 11.1 Å². The fraction of sp³-hybridized carbons (Fsp3) is 0.278. The minimum absolute atomic E-state index is 0.327. The van der Waals surface area contributed by atoms with Gasteiger partial charge in [0, 0.05) is 17.6 Å². The minimum Gasteiger partial charge on any atom is -0.462 e. The first-order valence-electron chi connectivity index (χ1n) is 8.20. The summed E-state index contributed by atoms with van der Waals surface area (Å²) in [6, 6.07) is 5.73. The highest BCUT2D eigenvalue weighted by atomic mass is 16.5. The average Bonchev–Trinajstić information content (AvgIpc) is 2.98. The number of hydrogen-bond donors (Lipinski definition) is 2. The quantitative estimate of drug-likeness (QED) is 0.548. The number of nitrogens with two attached hydrogens (primary N) is 1. The second-order valence-electron chi connectivity index (χ2n) is 5.69. The van der Waals surface area contributed by atoms with E-state index in [1.165, 1.54) is 6.33 Å². The molecule has 25 heavy (non-hydrogen) atoms. The number of fused-ring (bicyclic) bond motifs is 1. The first-order valence-corrected chi connectivity index (χ1v) is 8.20. The molecule has 1 aromatic carbocycles. The molecule has 0 radical (unpaired) electrons. The highest BCUT2D eigenvalue weighted by Crippen LogP contribution is 2.28. The summed E-state index contributed by atoms with van der Waals surface area (Å²) in [5.41, 5.74) is 10.6. The van der Waals surface area contributed by atoms with E-state index in [-0.39, 0.29) is 5.97 Å². The van der Waals surface area contributed by atoms with Gasteiger partial charge in [-0.1, -0.05) is 13.0 Å². The Morgan fingerprint density at radius 2 is 2.16 bits per heavy atom. The number of aryl methyl sites for hydroxylation is 2. The van der Waals surface area contributed by atoms with E-state index in [0.29, 0.717) is 30.1 Å². The Hall–Kier alpha value is -3.09. The van der Waals surface area contributed by atoms with Crippen molar-refractivity contribution in [3.63, 3.8) is 0 Å². The SMILES string of the molecule is CCOC(=O)c1cn2ncnc(Nc3ccc(C)c(N)c3)c2c1CC. The standard InChI is InChI=1S/C18H21N5O2/c1-4-13-14(18(24)25-5-2)9-23-16(13)17(20-10-21-23)22-12-7-6-11(3)15(19)8-12/h6-10H,4-5,19H2,1-3H3,(H,20,21,22). The number of rotatable bonds is 5. The molecule has 0 saturated carbocycles. The first-order chi connectivity index (χ1) is 12.0. The van der Waals surface area contributed by atoms with Crippen LogP contribution in [0.25, 0.3) is 5.52 Å². The number of ether oxygens (including phenoxy) is 1. The maximum atomic E-state index is 12.2. The van der Waals surface area contributed by atoms with Crippen LogP contribution in [-0.4, -0.2) is 27.2 Å². The fourth-order valence-electron chi connectivity index (χ4n) is 2.76. The van der Waals surface area contributed by atoms with E-state index in [1.54, 1.807) is 17.6 Å². The molecular weight excluding hydrogens is 318 g/mol. The van der Waals surface area contributed by atoms with Crippen molar-refractivity contribution in [2.24, 2.45) is 0 Å². The second kappa shape index (κ2) is 6.80. The van der Waals surface area contributed by atoms with Gasteiger partial charge in [-0.15, -0.1) is 0 Å². The van der Waals surface area contributed by atoms with Gasteiger partial charge in [0.15, 0.2) is 5.82 Å². The third-order valence-corrected chi connectivity index (χ3v) is 4.07. The summed E-state index contributed by atoms with van der Waals surface area (Å²) in [6.07, 6.45) is 3.78.